The topological polar surface area (TPSA) is 64.6 Å². The van der Waals surface area contributed by atoms with E-state index >= 15 is 0 Å². The van der Waals surface area contributed by atoms with Crippen molar-refractivity contribution in [1.82, 2.24) is 14.9 Å². The first kappa shape index (κ1) is 21.7. The zero-order valence-electron chi connectivity index (χ0n) is 15.6. The summed E-state index contributed by atoms with van der Waals surface area (Å²) < 4.78 is 10.4. The first-order valence-electron chi connectivity index (χ1n) is 8.47. The van der Waals surface area contributed by atoms with Gasteiger partial charge in [-0.2, -0.15) is 0 Å². The van der Waals surface area contributed by atoms with Crippen LogP contribution >= 0.6 is 23.2 Å². The van der Waals surface area contributed by atoms with Gasteiger partial charge in [-0.05, 0) is 36.7 Å². The smallest absolute Gasteiger partial charge is 0.222 e. The molecular weight excluding hydrogens is 389 g/mol. The van der Waals surface area contributed by atoms with Crippen molar-refractivity contribution in [3.8, 4) is 11.3 Å². The SMILES string of the molecule is COCCC(c1ccc(-c2nc(Cl)ncc2Cl)cc1C=O)N(C)CCOC. The zero-order chi connectivity index (χ0) is 19.8. The molecule has 1 atom stereocenters. The van der Waals surface area contributed by atoms with Crippen LogP contribution in [0.5, 0.6) is 0 Å². The van der Waals surface area contributed by atoms with Crippen LogP contribution in [0.2, 0.25) is 10.3 Å². The van der Waals surface area contributed by atoms with E-state index in [0.29, 0.717) is 35.1 Å². The molecule has 0 amide bonds. The maximum atomic E-state index is 11.8. The maximum Gasteiger partial charge on any atom is 0.222 e. The molecule has 0 N–H and O–H groups in total. The van der Waals surface area contributed by atoms with E-state index in [4.69, 9.17) is 32.7 Å². The highest BCUT2D eigenvalue weighted by Crippen LogP contribution is 2.31. The Balaban J connectivity index is 2.42. The molecule has 2 aromatic rings. The Morgan fingerprint density at radius 1 is 1.22 bits per heavy atom. The average molecular weight is 412 g/mol. The van der Waals surface area contributed by atoms with E-state index in [1.165, 1.54) is 6.20 Å². The Morgan fingerprint density at radius 3 is 2.63 bits per heavy atom. The number of aromatic nitrogens is 2. The van der Waals surface area contributed by atoms with E-state index in [9.17, 15) is 4.79 Å². The van der Waals surface area contributed by atoms with Crippen molar-refractivity contribution in [3.05, 3.63) is 45.8 Å². The molecule has 0 aliphatic heterocycles. The molecule has 27 heavy (non-hydrogen) atoms. The molecule has 0 aliphatic rings. The monoisotopic (exact) mass is 411 g/mol. The van der Waals surface area contributed by atoms with Crippen LogP contribution < -0.4 is 0 Å². The van der Waals surface area contributed by atoms with E-state index in [-0.39, 0.29) is 11.3 Å². The molecule has 1 unspecified atom stereocenters. The third-order valence-electron chi connectivity index (χ3n) is 4.34. The number of nitrogens with zero attached hydrogens (tertiary/aromatic N) is 3. The normalized spacial score (nSPS) is 12.4. The fraction of sp³-hybridized carbons (Fsp3) is 0.421. The second kappa shape index (κ2) is 10.7. The van der Waals surface area contributed by atoms with Crippen molar-refractivity contribution in [2.24, 2.45) is 0 Å². The van der Waals surface area contributed by atoms with Crippen molar-refractivity contribution >= 4 is 29.5 Å². The molecular formula is C19H23Cl2N3O3. The predicted molar refractivity (Wildman–Crippen MR) is 107 cm³/mol. The highest BCUT2D eigenvalue weighted by atomic mass is 35.5. The number of ether oxygens (including phenoxy) is 2. The molecule has 1 aromatic heterocycles. The number of rotatable bonds is 10. The minimum Gasteiger partial charge on any atom is -0.385 e. The van der Waals surface area contributed by atoms with Crippen LogP contribution in [-0.4, -0.2) is 62.2 Å². The minimum atomic E-state index is 0.0128. The molecule has 6 nitrogen and oxygen atoms in total. The third kappa shape index (κ3) is 5.70. The zero-order valence-corrected chi connectivity index (χ0v) is 17.1. The number of likely N-dealkylation sites (N-methyl/N-ethyl adjacent to an activating group) is 1. The number of hydrogen-bond acceptors (Lipinski definition) is 6. The number of halogens is 2. The van der Waals surface area contributed by atoms with Crippen molar-refractivity contribution in [1.29, 1.82) is 0 Å². The fourth-order valence-corrected chi connectivity index (χ4v) is 3.24. The lowest BCUT2D eigenvalue weighted by Crippen LogP contribution is -2.29. The van der Waals surface area contributed by atoms with E-state index in [1.54, 1.807) is 20.3 Å². The fourth-order valence-electron chi connectivity index (χ4n) is 2.91. The number of methoxy groups -OCH3 is 2. The standard InChI is InChI=1S/C19H23Cl2N3O3/c1-24(7-9-27-3)17(6-8-26-2)15-5-4-13(10-14(15)12-25)18-16(20)11-22-19(21)23-18/h4-5,10-12,17H,6-9H2,1-3H3. The molecule has 0 aliphatic carbocycles. The lowest BCUT2D eigenvalue weighted by molar-refractivity contribution is 0.108. The second-order valence-electron chi connectivity index (χ2n) is 6.07. The molecule has 0 bridgehead atoms. The summed E-state index contributed by atoms with van der Waals surface area (Å²) in [6.45, 7) is 1.91. The molecule has 0 fully saturated rings. The van der Waals surface area contributed by atoms with Gasteiger partial charge in [0.25, 0.3) is 0 Å². The van der Waals surface area contributed by atoms with Gasteiger partial charge in [-0.15, -0.1) is 0 Å². The van der Waals surface area contributed by atoms with E-state index in [1.807, 2.05) is 19.2 Å². The number of carbonyl (C=O) groups excluding carboxylic acids is 1. The molecule has 0 radical (unpaired) electrons. The quantitative estimate of drug-likeness (QED) is 0.436. The third-order valence-corrected chi connectivity index (χ3v) is 4.80. The molecule has 1 aromatic carbocycles. The van der Waals surface area contributed by atoms with Gasteiger partial charge in [0.15, 0.2) is 0 Å². The lowest BCUT2D eigenvalue weighted by Gasteiger charge is -2.29. The first-order valence-corrected chi connectivity index (χ1v) is 9.23. The van der Waals surface area contributed by atoms with Gasteiger partial charge in [0.2, 0.25) is 5.28 Å². The summed E-state index contributed by atoms with van der Waals surface area (Å²) in [4.78, 5) is 22.0. The molecule has 0 saturated heterocycles. The molecule has 2 rings (SSSR count). The molecule has 0 saturated carbocycles. The van der Waals surface area contributed by atoms with Crippen molar-refractivity contribution in [2.75, 3.05) is 41.0 Å². The summed E-state index contributed by atoms with van der Waals surface area (Å²) in [5.41, 5.74) is 2.69. The highest BCUT2D eigenvalue weighted by Gasteiger charge is 2.21. The molecule has 0 spiro atoms. The van der Waals surface area contributed by atoms with Gasteiger partial charge in [0, 0.05) is 44.5 Å². The molecule has 146 valence electrons. The van der Waals surface area contributed by atoms with Crippen molar-refractivity contribution in [3.63, 3.8) is 0 Å². The van der Waals surface area contributed by atoms with Crippen LogP contribution in [0, 0.1) is 0 Å². The number of benzene rings is 1. The van der Waals surface area contributed by atoms with Crippen LogP contribution in [0.25, 0.3) is 11.3 Å². The van der Waals surface area contributed by atoms with Crippen LogP contribution in [-0.2, 0) is 9.47 Å². The number of aldehydes is 1. The van der Waals surface area contributed by atoms with Crippen LogP contribution in [0.1, 0.15) is 28.4 Å². The van der Waals surface area contributed by atoms with Gasteiger partial charge in [-0.3, -0.25) is 9.69 Å². The number of hydrogen-bond donors (Lipinski definition) is 0. The Hall–Kier alpha value is -1.57. The molecule has 1 heterocycles. The summed E-state index contributed by atoms with van der Waals surface area (Å²) in [5, 5.41) is 0.473. The van der Waals surface area contributed by atoms with Crippen LogP contribution in [0.15, 0.2) is 24.4 Å². The summed E-state index contributed by atoms with van der Waals surface area (Å²) >= 11 is 12.1. The summed E-state index contributed by atoms with van der Waals surface area (Å²) in [6, 6.07) is 5.60. The van der Waals surface area contributed by atoms with Gasteiger partial charge in [0.1, 0.15) is 6.29 Å². The van der Waals surface area contributed by atoms with Gasteiger partial charge in [0.05, 0.1) is 23.5 Å². The minimum absolute atomic E-state index is 0.0128. The van der Waals surface area contributed by atoms with Gasteiger partial charge in [-0.1, -0.05) is 23.7 Å². The van der Waals surface area contributed by atoms with E-state index < -0.39 is 0 Å². The Kier molecular flexibility index (Phi) is 8.60. The van der Waals surface area contributed by atoms with Gasteiger partial charge >= 0.3 is 0 Å². The largest absolute Gasteiger partial charge is 0.385 e. The van der Waals surface area contributed by atoms with Gasteiger partial charge in [-0.25, -0.2) is 9.97 Å². The summed E-state index contributed by atoms with van der Waals surface area (Å²) in [7, 11) is 5.33. The summed E-state index contributed by atoms with van der Waals surface area (Å²) in [6.07, 6.45) is 3.04. The average Bonchev–Trinajstić information content (AvgIpc) is 2.68. The van der Waals surface area contributed by atoms with Crippen LogP contribution in [0.3, 0.4) is 0 Å². The summed E-state index contributed by atoms with van der Waals surface area (Å²) in [5.74, 6) is 0. The van der Waals surface area contributed by atoms with E-state index in [2.05, 4.69) is 14.9 Å². The van der Waals surface area contributed by atoms with E-state index in [0.717, 1.165) is 24.8 Å². The Bertz CT molecular complexity index is 774. The predicted octanol–water partition coefficient (Wildman–Crippen LogP) is 3.92. The molecule has 8 heteroatoms. The first-order chi connectivity index (χ1) is 13.0. The van der Waals surface area contributed by atoms with Gasteiger partial charge < -0.3 is 9.47 Å². The second-order valence-corrected chi connectivity index (χ2v) is 6.81. The van der Waals surface area contributed by atoms with Crippen molar-refractivity contribution in [2.45, 2.75) is 12.5 Å². The number of carbonyl (C=O) groups is 1. The Labute approximate surface area is 169 Å². The van der Waals surface area contributed by atoms with Crippen LogP contribution in [0.4, 0.5) is 0 Å². The maximum absolute atomic E-state index is 11.8. The lowest BCUT2D eigenvalue weighted by atomic mass is 9.95. The van der Waals surface area contributed by atoms with Crippen molar-refractivity contribution < 1.29 is 14.3 Å². The Morgan fingerprint density at radius 2 is 1.96 bits per heavy atom. The highest BCUT2D eigenvalue weighted by molar-refractivity contribution is 6.33.